The van der Waals surface area contributed by atoms with Gasteiger partial charge in [0.2, 0.25) is 5.91 Å². The highest BCUT2D eigenvalue weighted by Gasteiger charge is 2.21. The SMILES string of the molecule is NC1CCC(CC(=O)Nc2ccc3cc(Cl)ccc3n2)CC1. The second kappa shape index (κ2) is 6.63. The smallest absolute Gasteiger partial charge is 0.225 e. The van der Waals surface area contributed by atoms with E-state index in [0.717, 1.165) is 36.6 Å². The standard InChI is InChI=1S/C17H20ClN3O/c18-13-4-7-15-12(10-13)3-8-16(20-15)21-17(22)9-11-1-5-14(19)6-2-11/h3-4,7-8,10-11,14H,1-2,5-6,9,19H2,(H,20,21,22). The highest BCUT2D eigenvalue weighted by atomic mass is 35.5. The lowest BCUT2D eigenvalue weighted by Crippen LogP contribution is -2.28. The van der Waals surface area contributed by atoms with Crippen molar-refractivity contribution in [2.45, 2.75) is 38.1 Å². The van der Waals surface area contributed by atoms with Gasteiger partial charge in [0.05, 0.1) is 5.52 Å². The van der Waals surface area contributed by atoms with Crippen LogP contribution < -0.4 is 11.1 Å². The van der Waals surface area contributed by atoms with E-state index in [0.29, 0.717) is 29.2 Å². The average molecular weight is 318 g/mol. The number of hydrogen-bond acceptors (Lipinski definition) is 3. The Bertz CT molecular complexity index is 681. The van der Waals surface area contributed by atoms with Crippen molar-refractivity contribution in [3.63, 3.8) is 0 Å². The average Bonchev–Trinajstić information content (AvgIpc) is 2.50. The molecule has 0 spiro atoms. The molecule has 1 aromatic heterocycles. The Labute approximate surface area is 135 Å². The summed E-state index contributed by atoms with van der Waals surface area (Å²) in [5.74, 6) is 1.06. The van der Waals surface area contributed by atoms with Crippen molar-refractivity contribution < 1.29 is 4.79 Å². The topological polar surface area (TPSA) is 68.0 Å². The van der Waals surface area contributed by atoms with Crippen LogP contribution in [0.4, 0.5) is 5.82 Å². The molecule has 3 rings (SSSR count). The molecule has 1 aliphatic rings. The molecule has 0 radical (unpaired) electrons. The molecule has 0 unspecified atom stereocenters. The normalized spacial score (nSPS) is 21.7. The Hall–Kier alpha value is -1.65. The van der Waals surface area contributed by atoms with Crippen LogP contribution >= 0.6 is 11.6 Å². The van der Waals surface area contributed by atoms with Gasteiger partial charge in [0.1, 0.15) is 5.82 Å². The zero-order valence-corrected chi connectivity index (χ0v) is 13.1. The Morgan fingerprint density at radius 2 is 2.00 bits per heavy atom. The first kappa shape index (κ1) is 15.3. The monoisotopic (exact) mass is 317 g/mol. The number of carbonyl (C=O) groups is 1. The summed E-state index contributed by atoms with van der Waals surface area (Å²) in [5.41, 5.74) is 6.72. The van der Waals surface area contributed by atoms with Gasteiger partial charge in [-0.25, -0.2) is 4.98 Å². The fraction of sp³-hybridized carbons (Fsp3) is 0.412. The molecule has 1 amide bonds. The van der Waals surface area contributed by atoms with Crippen LogP contribution in [0.3, 0.4) is 0 Å². The number of rotatable bonds is 3. The summed E-state index contributed by atoms with van der Waals surface area (Å²) in [6, 6.07) is 9.56. The number of benzene rings is 1. The van der Waals surface area contributed by atoms with Crippen molar-refractivity contribution >= 4 is 34.2 Å². The highest BCUT2D eigenvalue weighted by molar-refractivity contribution is 6.31. The van der Waals surface area contributed by atoms with E-state index in [2.05, 4.69) is 10.3 Å². The summed E-state index contributed by atoms with van der Waals surface area (Å²) in [7, 11) is 0. The van der Waals surface area contributed by atoms with Gasteiger partial charge in [-0.3, -0.25) is 4.79 Å². The van der Waals surface area contributed by atoms with Crippen LogP contribution in [0.2, 0.25) is 5.02 Å². The summed E-state index contributed by atoms with van der Waals surface area (Å²) in [4.78, 5) is 16.6. The predicted molar refractivity (Wildman–Crippen MR) is 89.9 cm³/mol. The van der Waals surface area contributed by atoms with Crippen LogP contribution in [-0.2, 0) is 4.79 Å². The van der Waals surface area contributed by atoms with Crippen molar-refractivity contribution in [3.05, 3.63) is 35.4 Å². The van der Waals surface area contributed by atoms with E-state index in [1.165, 1.54) is 0 Å². The fourth-order valence-corrected chi connectivity index (χ4v) is 3.20. The van der Waals surface area contributed by atoms with E-state index in [-0.39, 0.29) is 5.91 Å². The first-order valence-corrected chi connectivity index (χ1v) is 8.10. The van der Waals surface area contributed by atoms with Gasteiger partial charge in [-0.1, -0.05) is 11.6 Å². The lowest BCUT2D eigenvalue weighted by Gasteiger charge is -2.25. The minimum Gasteiger partial charge on any atom is -0.328 e. The highest BCUT2D eigenvalue weighted by Crippen LogP contribution is 2.26. The van der Waals surface area contributed by atoms with Gasteiger partial charge in [-0.15, -0.1) is 0 Å². The molecular formula is C17H20ClN3O. The quantitative estimate of drug-likeness (QED) is 0.906. The van der Waals surface area contributed by atoms with Crippen LogP contribution in [0.25, 0.3) is 10.9 Å². The maximum atomic E-state index is 12.1. The molecule has 116 valence electrons. The minimum atomic E-state index is 0.0290. The lowest BCUT2D eigenvalue weighted by molar-refractivity contribution is -0.117. The van der Waals surface area contributed by atoms with E-state index in [1.54, 1.807) is 6.07 Å². The molecule has 1 saturated carbocycles. The van der Waals surface area contributed by atoms with Gasteiger partial charge < -0.3 is 11.1 Å². The molecule has 1 aromatic carbocycles. The van der Waals surface area contributed by atoms with Crippen molar-refractivity contribution in [2.75, 3.05) is 5.32 Å². The van der Waals surface area contributed by atoms with Crippen molar-refractivity contribution in [2.24, 2.45) is 11.7 Å². The fourth-order valence-electron chi connectivity index (χ4n) is 3.01. The number of nitrogens with one attached hydrogen (secondary N) is 1. The Balaban J connectivity index is 1.62. The Kier molecular flexibility index (Phi) is 4.60. The second-order valence-corrected chi connectivity index (χ2v) is 6.50. The molecule has 2 aromatic rings. The van der Waals surface area contributed by atoms with Crippen molar-refractivity contribution in [1.29, 1.82) is 0 Å². The number of anilines is 1. The number of nitrogens with two attached hydrogens (primary N) is 1. The predicted octanol–water partition coefficient (Wildman–Crippen LogP) is 3.73. The second-order valence-electron chi connectivity index (χ2n) is 6.07. The summed E-state index contributed by atoms with van der Waals surface area (Å²) >= 11 is 5.96. The van der Waals surface area contributed by atoms with Crippen LogP contribution in [-0.4, -0.2) is 16.9 Å². The van der Waals surface area contributed by atoms with E-state index < -0.39 is 0 Å². The largest absolute Gasteiger partial charge is 0.328 e. The summed E-state index contributed by atoms with van der Waals surface area (Å²) < 4.78 is 0. The van der Waals surface area contributed by atoms with Gasteiger partial charge in [-0.2, -0.15) is 0 Å². The molecule has 1 heterocycles. The summed E-state index contributed by atoms with van der Waals surface area (Å²) in [6.07, 6.45) is 4.67. The first-order valence-electron chi connectivity index (χ1n) is 7.72. The molecule has 4 nitrogen and oxygen atoms in total. The molecule has 0 bridgehead atoms. The van der Waals surface area contributed by atoms with Crippen LogP contribution in [0, 0.1) is 5.92 Å². The number of carbonyl (C=O) groups excluding carboxylic acids is 1. The molecule has 0 aliphatic heterocycles. The van der Waals surface area contributed by atoms with Crippen LogP contribution in [0.1, 0.15) is 32.1 Å². The zero-order valence-electron chi connectivity index (χ0n) is 12.4. The molecule has 1 fully saturated rings. The number of amides is 1. The molecule has 1 aliphatic carbocycles. The van der Waals surface area contributed by atoms with Crippen molar-refractivity contribution in [3.8, 4) is 0 Å². The van der Waals surface area contributed by atoms with Gasteiger partial charge in [0, 0.05) is 22.9 Å². The molecule has 0 saturated heterocycles. The van der Waals surface area contributed by atoms with Gasteiger partial charge >= 0.3 is 0 Å². The number of fused-ring (bicyclic) bond motifs is 1. The van der Waals surface area contributed by atoms with Crippen molar-refractivity contribution in [1.82, 2.24) is 4.98 Å². The lowest BCUT2D eigenvalue weighted by atomic mass is 9.84. The summed E-state index contributed by atoms with van der Waals surface area (Å²) in [5, 5.41) is 4.54. The molecule has 3 N–H and O–H groups in total. The third kappa shape index (κ3) is 3.76. The van der Waals surface area contributed by atoms with Crippen LogP contribution in [0.15, 0.2) is 30.3 Å². The van der Waals surface area contributed by atoms with Gasteiger partial charge in [0.15, 0.2) is 0 Å². The third-order valence-corrected chi connectivity index (χ3v) is 4.52. The summed E-state index contributed by atoms with van der Waals surface area (Å²) in [6.45, 7) is 0. The first-order chi connectivity index (χ1) is 10.6. The molecule has 0 atom stereocenters. The molecular weight excluding hydrogens is 298 g/mol. The minimum absolute atomic E-state index is 0.0290. The number of halogens is 1. The maximum absolute atomic E-state index is 12.1. The number of nitrogens with zero attached hydrogens (tertiary/aromatic N) is 1. The Morgan fingerprint density at radius 3 is 2.77 bits per heavy atom. The third-order valence-electron chi connectivity index (χ3n) is 4.28. The van der Waals surface area contributed by atoms with E-state index in [1.807, 2.05) is 24.3 Å². The van der Waals surface area contributed by atoms with Crippen LogP contribution in [0.5, 0.6) is 0 Å². The van der Waals surface area contributed by atoms with Gasteiger partial charge in [0.25, 0.3) is 0 Å². The van der Waals surface area contributed by atoms with E-state index >= 15 is 0 Å². The maximum Gasteiger partial charge on any atom is 0.225 e. The van der Waals surface area contributed by atoms with Gasteiger partial charge in [-0.05, 0) is 61.9 Å². The molecule has 22 heavy (non-hydrogen) atoms. The zero-order chi connectivity index (χ0) is 15.5. The number of hydrogen-bond donors (Lipinski definition) is 2. The Morgan fingerprint density at radius 1 is 1.23 bits per heavy atom. The number of aromatic nitrogens is 1. The van der Waals surface area contributed by atoms with E-state index in [9.17, 15) is 4.79 Å². The number of pyridine rings is 1. The molecule has 5 heteroatoms. The van der Waals surface area contributed by atoms with E-state index in [4.69, 9.17) is 17.3 Å².